The number of nitrogens with zero attached hydrogens (tertiary/aromatic N) is 2. The van der Waals surface area contributed by atoms with E-state index in [1.165, 1.54) is 0 Å². The van der Waals surface area contributed by atoms with Crippen LogP contribution in [0.3, 0.4) is 0 Å². The second kappa shape index (κ2) is 13.5. The Labute approximate surface area is 194 Å². The maximum atomic E-state index is 12.0. The molecule has 2 amide bonds. The summed E-state index contributed by atoms with van der Waals surface area (Å²) in [6.45, 7) is 3.04. The van der Waals surface area contributed by atoms with E-state index in [4.69, 9.17) is 0 Å². The van der Waals surface area contributed by atoms with Gasteiger partial charge in [-0.2, -0.15) is 0 Å². The van der Waals surface area contributed by atoms with Crippen molar-refractivity contribution in [3.8, 4) is 0 Å². The molecule has 1 aromatic carbocycles. The molecule has 2 aromatic rings. The molecule has 0 atom stereocenters. The summed E-state index contributed by atoms with van der Waals surface area (Å²) in [4.78, 5) is 32.0. The van der Waals surface area contributed by atoms with Gasteiger partial charge in [0.25, 0.3) is 5.91 Å². The quantitative estimate of drug-likeness (QED) is 0.241. The number of amides is 2. The molecule has 0 spiro atoms. The Morgan fingerprint density at radius 1 is 1.10 bits per heavy atom. The van der Waals surface area contributed by atoms with Crippen molar-refractivity contribution in [2.24, 2.45) is 4.99 Å². The lowest BCUT2D eigenvalue weighted by Crippen LogP contribution is -2.39. The number of aliphatic imine (C=N–C) groups is 1. The van der Waals surface area contributed by atoms with Crippen LogP contribution >= 0.6 is 24.0 Å². The molecule has 8 nitrogen and oxygen atoms in total. The van der Waals surface area contributed by atoms with E-state index in [1.807, 2.05) is 31.2 Å². The van der Waals surface area contributed by atoms with Gasteiger partial charge in [-0.25, -0.2) is 4.98 Å². The number of hydrogen-bond acceptors (Lipinski definition) is 4. The van der Waals surface area contributed by atoms with Crippen molar-refractivity contribution < 1.29 is 9.59 Å². The van der Waals surface area contributed by atoms with E-state index in [-0.39, 0.29) is 35.8 Å². The summed E-state index contributed by atoms with van der Waals surface area (Å²) < 4.78 is 0. The maximum Gasteiger partial charge on any atom is 0.251 e. The van der Waals surface area contributed by atoms with E-state index in [2.05, 4.69) is 31.2 Å². The minimum atomic E-state index is -0.115. The third-order valence-electron chi connectivity index (χ3n) is 4.17. The third kappa shape index (κ3) is 8.76. The largest absolute Gasteiger partial charge is 0.356 e. The molecule has 162 valence electrons. The molecule has 2 rings (SSSR count). The second-order valence-corrected chi connectivity index (χ2v) is 6.47. The van der Waals surface area contributed by atoms with E-state index in [1.54, 1.807) is 32.4 Å². The van der Waals surface area contributed by atoms with Gasteiger partial charge in [0, 0.05) is 45.4 Å². The number of halogens is 1. The van der Waals surface area contributed by atoms with Crippen molar-refractivity contribution in [3.63, 3.8) is 0 Å². The van der Waals surface area contributed by atoms with E-state index in [0.29, 0.717) is 36.9 Å². The number of aryl methyl sites for hydroxylation is 1. The number of carbonyl (C=O) groups excluding carboxylic acids is 2. The summed E-state index contributed by atoms with van der Waals surface area (Å²) in [6, 6.07) is 11.2. The van der Waals surface area contributed by atoms with Crippen molar-refractivity contribution in [2.45, 2.75) is 19.8 Å². The molecule has 0 fully saturated rings. The summed E-state index contributed by atoms with van der Waals surface area (Å²) in [7, 11) is 3.29. The molecule has 0 radical (unpaired) electrons. The SMILES string of the molecule is CN=C(NCCC(=O)Nc1ccc(C)cn1)NCCc1cccc(C(=O)NC)c1.I. The predicted molar refractivity (Wildman–Crippen MR) is 131 cm³/mol. The highest BCUT2D eigenvalue weighted by Gasteiger charge is 2.06. The Balaban J connectivity index is 0.00000450. The summed E-state index contributed by atoms with van der Waals surface area (Å²) in [5.41, 5.74) is 2.74. The third-order valence-corrected chi connectivity index (χ3v) is 4.17. The number of nitrogens with one attached hydrogen (secondary N) is 4. The summed E-state index contributed by atoms with van der Waals surface area (Å²) >= 11 is 0. The molecule has 0 saturated carbocycles. The second-order valence-electron chi connectivity index (χ2n) is 6.47. The summed E-state index contributed by atoms with van der Waals surface area (Å²) in [5.74, 6) is 0.947. The fourth-order valence-electron chi connectivity index (χ4n) is 2.60. The Morgan fingerprint density at radius 3 is 2.53 bits per heavy atom. The standard InChI is InChI=1S/C21H28N6O2.HI/c1-15-7-8-18(26-14-15)27-19(28)10-12-25-21(23-3)24-11-9-16-5-4-6-17(13-16)20(29)22-2;/h4-8,13-14H,9-12H2,1-3H3,(H,22,29)(H2,23,24,25)(H,26,27,28);1H. The number of hydrogen-bond donors (Lipinski definition) is 4. The van der Waals surface area contributed by atoms with Gasteiger partial charge in [0.05, 0.1) is 0 Å². The molecule has 0 saturated heterocycles. The number of guanidine groups is 1. The van der Waals surface area contributed by atoms with Crippen LogP contribution < -0.4 is 21.3 Å². The zero-order valence-electron chi connectivity index (χ0n) is 17.5. The molecule has 1 aromatic heterocycles. The summed E-state index contributed by atoms with van der Waals surface area (Å²) in [6.07, 6.45) is 2.75. The number of carbonyl (C=O) groups is 2. The van der Waals surface area contributed by atoms with Crippen LogP contribution in [-0.2, 0) is 11.2 Å². The van der Waals surface area contributed by atoms with Crippen molar-refractivity contribution in [1.29, 1.82) is 0 Å². The molecule has 0 bridgehead atoms. The monoisotopic (exact) mass is 524 g/mol. The van der Waals surface area contributed by atoms with Gasteiger partial charge < -0.3 is 21.3 Å². The van der Waals surface area contributed by atoms with Crippen LogP contribution in [0.4, 0.5) is 5.82 Å². The highest BCUT2D eigenvalue weighted by molar-refractivity contribution is 14.0. The Morgan fingerprint density at radius 2 is 1.87 bits per heavy atom. The van der Waals surface area contributed by atoms with Crippen LogP contribution in [0.5, 0.6) is 0 Å². The van der Waals surface area contributed by atoms with Gasteiger partial charge in [0.2, 0.25) is 5.91 Å². The van der Waals surface area contributed by atoms with Crippen LogP contribution in [0.1, 0.15) is 27.9 Å². The van der Waals surface area contributed by atoms with E-state index in [0.717, 1.165) is 17.5 Å². The fraction of sp³-hybridized carbons (Fsp3) is 0.333. The Kier molecular flexibility index (Phi) is 11.4. The number of aromatic nitrogens is 1. The van der Waals surface area contributed by atoms with Crippen LogP contribution in [-0.4, -0.2) is 49.9 Å². The predicted octanol–water partition coefficient (Wildman–Crippen LogP) is 2.10. The first-order valence-electron chi connectivity index (χ1n) is 9.50. The molecule has 0 aliphatic carbocycles. The first-order valence-corrected chi connectivity index (χ1v) is 9.50. The number of benzene rings is 1. The zero-order chi connectivity index (χ0) is 21.1. The molecule has 9 heteroatoms. The van der Waals surface area contributed by atoms with Crippen LogP contribution in [0.15, 0.2) is 47.6 Å². The molecule has 30 heavy (non-hydrogen) atoms. The molecule has 0 aliphatic heterocycles. The average molecular weight is 524 g/mol. The molecular weight excluding hydrogens is 495 g/mol. The first-order chi connectivity index (χ1) is 14.0. The zero-order valence-corrected chi connectivity index (χ0v) is 19.8. The van der Waals surface area contributed by atoms with Gasteiger partial charge in [-0.1, -0.05) is 18.2 Å². The fourth-order valence-corrected chi connectivity index (χ4v) is 2.60. The number of pyridine rings is 1. The van der Waals surface area contributed by atoms with Crippen LogP contribution in [0.2, 0.25) is 0 Å². The highest BCUT2D eigenvalue weighted by Crippen LogP contribution is 2.06. The van der Waals surface area contributed by atoms with Gasteiger partial charge in [-0.3, -0.25) is 14.6 Å². The minimum absolute atomic E-state index is 0. The maximum absolute atomic E-state index is 12.0. The lowest BCUT2D eigenvalue weighted by atomic mass is 10.1. The summed E-state index contributed by atoms with van der Waals surface area (Å²) in [5, 5.41) is 11.7. The van der Waals surface area contributed by atoms with Crippen molar-refractivity contribution in [2.75, 3.05) is 32.5 Å². The lowest BCUT2D eigenvalue weighted by Gasteiger charge is -2.12. The Bertz CT molecular complexity index is 855. The first kappa shape index (κ1) is 25.3. The van der Waals surface area contributed by atoms with Gasteiger partial charge in [0.15, 0.2) is 5.96 Å². The highest BCUT2D eigenvalue weighted by atomic mass is 127. The van der Waals surface area contributed by atoms with Crippen molar-refractivity contribution in [3.05, 3.63) is 59.3 Å². The molecule has 0 unspecified atom stereocenters. The van der Waals surface area contributed by atoms with Crippen LogP contribution in [0.25, 0.3) is 0 Å². The smallest absolute Gasteiger partial charge is 0.251 e. The van der Waals surface area contributed by atoms with E-state index in [9.17, 15) is 9.59 Å². The van der Waals surface area contributed by atoms with Gasteiger partial charge in [-0.15, -0.1) is 24.0 Å². The molecule has 4 N–H and O–H groups in total. The molecule has 1 heterocycles. The molecular formula is C21H29IN6O2. The molecule has 0 aliphatic rings. The van der Waals surface area contributed by atoms with Gasteiger partial charge >= 0.3 is 0 Å². The Hall–Kier alpha value is -2.69. The minimum Gasteiger partial charge on any atom is -0.356 e. The van der Waals surface area contributed by atoms with E-state index < -0.39 is 0 Å². The van der Waals surface area contributed by atoms with Crippen molar-refractivity contribution >= 4 is 47.6 Å². The van der Waals surface area contributed by atoms with Gasteiger partial charge in [-0.05, 0) is 42.7 Å². The average Bonchev–Trinajstić information content (AvgIpc) is 2.74. The van der Waals surface area contributed by atoms with Crippen LogP contribution in [0, 0.1) is 6.92 Å². The topological polar surface area (TPSA) is 108 Å². The van der Waals surface area contributed by atoms with E-state index >= 15 is 0 Å². The van der Waals surface area contributed by atoms with Gasteiger partial charge in [0.1, 0.15) is 5.82 Å². The number of rotatable bonds is 8. The normalized spacial score (nSPS) is 10.6. The number of anilines is 1. The van der Waals surface area contributed by atoms with Crippen molar-refractivity contribution in [1.82, 2.24) is 20.9 Å². The lowest BCUT2D eigenvalue weighted by molar-refractivity contribution is -0.116.